The van der Waals surface area contributed by atoms with Gasteiger partial charge in [-0.15, -0.1) is 0 Å². The molecular weight excluding hydrogens is 304 g/mol. The molecule has 24 heavy (non-hydrogen) atoms. The van der Waals surface area contributed by atoms with Crippen LogP contribution in [0.25, 0.3) is 11.3 Å². The van der Waals surface area contributed by atoms with Crippen LogP contribution >= 0.6 is 0 Å². The Labute approximate surface area is 139 Å². The van der Waals surface area contributed by atoms with Gasteiger partial charge < -0.3 is 14.2 Å². The largest absolute Gasteiger partial charge is 0.497 e. The number of hydrogen-bond acceptors (Lipinski definition) is 5. The SMILES string of the molecule is COc1cccc(-c2cc(C3OCc4ccccc4O3)ncn2)c1. The predicted molar refractivity (Wildman–Crippen MR) is 88.6 cm³/mol. The highest BCUT2D eigenvalue weighted by molar-refractivity contribution is 5.61. The first-order chi connectivity index (χ1) is 11.8. The molecule has 0 saturated heterocycles. The average molecular weight is 320 g/mol. The van der Waals surface area contributed by atoms with Gasteiger partial charge in [-0.05, 0) is 24.3 Å². The fourth-order valence-corrected chi connectivity index (χ4v) is 2.64. The van der Waals surface area contributed by atoms with Crippen molar-refractivity contribution in [3.63, 3.8) is 0 Å². The van der Waals surface area contributed by atoms with Gasteiger partial charge >= 0.3 is 0 Å². The van der Waals surface area contributed by atoms with E-state index in [2.05, 4.69) is 9.97 Å². The standard InChI is InChI=1S/C19H16N2O3/c1-22-15-7-4-6-13(9-15)16-10-17(21-12-20-16)19-23-11-14-5-2-3-8-18(14)24-19/h2-10,12,19H,11H2,1H3. The third kappa shape index (κ3) is 2.81. The summed E-state index contributed by atoms with van der Waals surface area (Å²) in [5.41, 5.74) is 3.48. The maximum Gasteiger partial charge on any atom is 0.244 e. The second-order valence-corrected chi connectivity index (χ2v) is 5.43. The summed E-state index contributed by atoms with van der Waals surface area (Å²) in [6, 6.07) is 17.5. The van der Waals surface area contributed by atoms with E-state index < -0.39 is 6.29 Å². The molecule has 0 aliphatic carbocycles. The summed E-state index contributed by atoms with van der Waals surface area (Å²) in [5, 5.41) is 0. The quantitative estimate of drug-likeness (QED) is 0.735. The molecule has 5 heteroatoms. The number of para-hydroxylation sites is 1. The summed E-state index contributed by atoms with van der Waals surface area (Å²) in [4.78, 5) is 8.66. The number of hydrogen-bond donors (Lipinski definition) is 0. The Morgan fingerprint density at radius 1 is 1.04 bits per heavy atom. The molecule has 1 unspecified atom stereocenters. The number of nitrogens with zero attached hydrogens (tertiary/aromatic N) is 2. The van der Waals surface area contributed by atoms with Gasteiger partial charge in [0.15, 0.2) is 0 Å². The van der Waals surface area contributed by atoms with E-state index in [1.165, 1.54) is 6.33 Å². The Bertz CT molecular complexity index is 866. The zero-order chi connectivity index (χ0) is 16.4. The van der Waals surface area contributed by atoms with Crippen LogP contribution in [-0.2, 0) is 11.3 Å². The molecule has 0 amide bonds. The topological polar surface area (TPSA) is 53.5 Å². The van der Waals surface area contributed by atoms with E-state index in [4.69, 9.17) is 14.2 Å². The zero-order valence-corrected chi connectivity index (χ0v) is 13.2. The lowest BCUT2D eigenvalue weighted by Crippen LogP contribution is -2.19. The van der Waals surface area contributed by atoms with E-state index in [-0.39, 0.29) is 0 Å². The molecule has 0 N–H and O–H groups in total. The lowest BCUT2D eigenvalue weighted by Gasteiger charge is -2.25. The summed E-state index contributed by atoms with van der Waals surface area (Å²) in [7, 11) is 1.64. The molecule has 4 rings (SSSR count). The second kappa shape index (κ2) is 6.29. The molecule has 2 aromatic carbocycles. The van der Waals surface area contributed by atoms with Crippen LogP contribution in [0.1, 0.15) is 17.5 Å². The van der Waals surface area contributed by atoms with Crippen LogP contribution in [0.15, 0.2) is 60.9 Å². The minimum Gasteiger partial charge on any atom is -0.497 e. The van der Waals surface area contributed by atoms with Crippen LogP contribution in [0.5, 0.6) is 11.5 Å². The van der Waals surface area contributed by atoms with Crippen molar-refractivity contribution in [1.82, 2.24) is 9.97 Å². The molecular formula is C19H16N2O3. The highest BCUT2D eigenvalue weighted by atomic mass is 16.7. The molecule has 0 bridgehead atoms. The van der Waals surface area contributed by atoms with Crippen LogP contribution in [0.4, 0.5) is 0 Å². The fourth-order valence-electron chi connectivity index (χ4n) is 2.64. The van der Waals surface area contributed by atoms with Gasteiger partial charge in [-0.1, -0.05) is 30.3 Å². The first-order valence-corrected chi connectivity index (χ1v) is 7.66. The van der Waals surface area contributed by atoms with E-state index in [1.807, 2.05) is 54.6 Å². The lowest BCUT2D eigenvalue weighted by molar-refractivity contribution is -0.114. The molecule has 120 valence electrons. The number of ether oxygens (including phenoxy) is 3. The van der Waals surface area contributed by atoms with E-state index in [0.29, 0.717) is 12.3 Å². The van der Waals surface area contributed by atoms with Gasteiger partial charge in [0.1, 0.15) is 23.5 Å². The first kappa shape index (κ1) is 14.7. The van der Waals surface area contributed by atoms with Crippen LogP contribution in [0.2, 0.25) is 0 Å². The normalized spacial score (nSPS) is 16.1. The van der Waals surface area contributed by atoms with Crippen molar-refractivity contribution in [2.24, 2.45) is 0 Å². The Balaban J connectivity index is 1.64. The number of benzene rings is 2. The number of rotatable bonds is 3. The highest BCUT2D eigenvalue weighted by Gasteiger charge is 2.23. The van der Waals surface area contributed by atoms with Gasteiger partial charge in [0.2, 0.25) is 6.29 Å². The lowest BCUT2D eigenvalue weighted by atomic mass is 10.1. The fraction of sp³-hybridized carbons (Fsp3) is 0.158. The smallest absolute Gasteiger partial charge is 0.244 e. The minimum atomic E-state index is -0.535. The van der Waals surface area contributed by atoms with Crippen molar-refractivity contribution < 1.29 is 14.2 Å². The molecule has 3 aromatic rings. The van der Waals surface area contributed by atoms with Crippen LogP contribution in [-0.4, -0.2) is 17.1 Å². The number of aromatic nitrogens is 2. The third-order valence-corrected chi connectivity index (χ3v) is 3.89. The number of methoxy groups -OCH3 is 1. The monoisotopic (exact) mass is 320 g/mol. The van der Waals surface area contributed by atoms with Crippen molar-refractivity contribution in [1.29, 1.82) is 0 Å². The second-order valence-electron chi connectivity index (χ2n) is 5.43. The molecule has 0 fully saturated rings. The summed E-state index contributed by atoms with van der Waals surface area (Å²) in [6.45, 7) is 0.499. The van der Waals surface area contributed by atoms with Gasteiger partial charge in [0.25, 0.3) is 0 Å². The maximum absolute atomic E-state index is 5.92. The van der Waals surface area contributed by atoms with Crippen LogP contribution < -0.4 is 9.47 Å². The third-order valence-electron chi connectivity index (χ3n) is 3.89. The van der Waals surface area contributed by atoms with E-state index >= 15 is 0 Å². The minimum absolute atomic E-state index is 0.499. The van der Waals surface area contributed by atoms with Crippen molar-refractivity contribution in [3.8, 4) is 22.8 Å². The van der Waals surface area contributed by atoms with E-state index in [0.717, 1.165) is 28.3 Å². The van der Waals surface area contributed by atoms with Crippen molar-refractivity contribution in [2.45, 2.75) is 12.9 Å². The molecule has 1 aliphatic rings. The van der Waals surface area contributed by atoms with Crippen molar-refractivity contribution in [3.05, 3.63) is 72.2 Å². The Morgan fingerprint density at radius 2 is 1.96 bits per heavy atom. The Hall–Kier alpha value is -2.92. The molecule has 1 aliphatic heterocycles. The van der Waals surface area contributed by atoms with Crippen LogP contribution in [0.3, 0.4) is 0 Å². The van der Waals surface area contributed by atoms with Gasteiger partial charge in [0, 0.05) is 11.1 Å². The molecule has 0 radical (unpaired) electrons. The van der Waals surface area contributed by atoms with Gasteiger partial charge in [-0.25, -0.2) is 9.97 Å². The zero-order valence-electron chi connectivity index (χ0n) is 13.2. The van der Waals surface area contributed by atoms with E-state index in [1.54, 1.807) is 7.11 Å². The molecule has 1 atom stereocenters. The average Bonchev–Trinajstić information content (AvgIpc) is 2.68. The van der Waals surface area contributed by atoms with Crippen molar-refractivity contribution in [2.75, 3.05) is 7.11 Å². The first-order valence-electron chi connectivity index (χ1n) is 7.66. The molecule has 0 saturated carbocycles. The van der Waals surface area contributed by atoms with Crippen molar-refractivity contribution >= 4 is 0 Å². The molecule has 5 nitrogen and oxygen atoms in total. The summed E-state index contributed by atoms with van der Waals surface area (Å²) >= 11 is 0. The summed E-state index contributed by atoms with van der Waals surface area (Å²) in [5.74, 6) is 1.61. The van der Waals surface area contributed by atoms with Gasteiger partial charge in [-0.2, -0.15) is 0 Å². The maximum atomic E-state index is 5.92. The predicted octanol–water partition coefficient (Wildman–Crippen LogP) is 3.76. The van der Waals surface area contributed by atoms with E-state index in [9.17, 15) is 0 Å². The van der Waals surface area contributed by atoms with Gasteiger partial charge in [0.05, 0.1) is 19.4 Å². The molecule has 2 heterocycles. The highest BCUT2D eigenvalue weighted by Crippen LogP contribution is 2.33. The summed E-state index contributed by atoms with van der Waals surface area (Å²) < 4.78 is 17.0. The molecule has 0 spiro atoms. The Kier molecular flexibility index (Phi) is 3.84. The summed E-state index contributed by atoms with van der Waals surface area (Å²) in [6.07, 6.45) is 0.990. The number of fused-ring (bicyclic) bond motifs is 1. The molecule has 1 aromatic heterocycles. The van der Waals surface area contributed by atoms with Crippen LogP contribution in [0, 0.1) is 0 Å². The van der Waals surface area contributed by atoms with Gasteiger partial charge in [-0.3, -0.25) is 0 Å². The Morgan fingerprint density at radius 3 is 2.88 bits per heavy atom.